The van der Waals surface area contributed by atoms with E-state index in [2.05, 4.69) is 17.4 Å². The molecule has 1 atom stereocenters. The first-order chi connectivity index (χ1) is 13.3. The van der Waals surface area contributed by atoms with E-state index in [1.165, 1.54) is 10.5 Å². The minimum Gasteiger partial charge on any atom is -0.485 e. The molecule has 1 unspecified atom stereocenters. The van der Waals surface area contributed by atoms with Crippen LogP contribution in [0.1, 0.15) is 5.56 Å². The molecular weight excluding hydrogens is 358 g/mol. The van der Waals surface area contributed by atoms with Crippen molar-refractivity contribution in [1.82, 2.24) is 0 Å². The van der Waals surface area contributed by atoms with Crippen LogP contribution in [0.2, 0.25) is 0 Å². The Labute approximate surface area is 162 Å². The average Bonchev–Trinajstić information content (AvgIpc) is 2.73. The summed E-state index contributed by atoms with van der Waals surface area (Å²) < 4.78 is 11.3. The number of para-hydroxylation sites is 2. The fraction of sp³-hybridized carbons (Fsp3) is 0.136. The summed E-state index contributed by atoms with van der Waals surface area (Å²) in [7, 11) is 0. The van der Waals surface area contributed by atoms with Gasteiger partial charge in [0, 0.05) is 16.3 Å². The van der Waals surface area contributed by atoms with Crippen LogP contribution in [0, 0.1) is 0 Å². The number of amides is 1. The third-order valence-corrected chi connectivity index (χ3v) is 5.25. The first kappa shape index (κ1) is 17.5. The predicted octanol–water partition coefficient (Wildman–Crippen LogP) is 4.76. The van der Waals surface area contributed by atoms with E-state index < -0.39 is 6.10 Å². The van der Waals surface area contributed by atoms with E-state index in [-0.39, 0.29) is 12.5 Å². The molecule has 0 spiro atoms. The van der Waals surface area contributed by atoms with E-state index in [1.807, 2.05) is 60.7 Å². The normalized spacial score (nSPS) is 15.2. The van der Waals surface area contributed by atoms with Crippen LogP contribution in [-0.2, 0) is 10.5 Å². The van der Waals surface area contributed by atoms with Crippen molar-refractivity contribution in [3.05, 3.63) is 84.4 Å². The zero-order chi connectivity index (χ0) is 18.5. The molecule has 0 saturated heterocycles. The van der Waals surface area contributed by atoms with Crippen molar-refractivity contribution in [2.75, 3.05) is 11.9 Å². The Morgan fingerprint density at radius 3 is 2.41 bits per heavy atom. The minimum atomic E-state index is -0.659. The number of carbonyl (C=O) groups excluding carboxylic acids is 1. The number of fused-ring (bicyclic) bond motifs is 1. The van der Waals surface area contributed by atoms with Gasteiger partial charge in [0.15, 0.2) is 11.5 Å². The summed E-state index contributed by atoms with van der Waals surface area (Å²) in [6.07, 6.45) is -0.659. The van der Waals surface area contributed by atoms with Crippen LogP contribution in [0.25, 0.3) is 0 Å². The second-order valence-corrected chi connectivity index (χ2v) is 7.20. The molecule has 4 rings (SSSR count). The number of hydrogen-bond donors (Lipinski definition) is 1. The van der Waals surface area contributed by atoms with E-state index in [9.17, 15) is 4.79 Å². The van der Waals surface area contributed by atoms with Crippen molar-refractivity contribution in [1.29, 1.82) is 0 Å². The van der Waals surface area contributed by atoms with E-state index in [4.69, 9.17) is 9.47 Å². The smallest absolute Gasteiger partial charge is 0.269 e. The molecule has 136 valence electrons. The Hall–Kier alpha value is -2.92. The van der Waals surface area contributed by atoms with Crippen LogP contribution in [-0.4, -0.2) is 18.6 Å². The Kier molecular flexibility index (Phi) is 5.30. The summed E-state index contributed by atoms with van der Waals surface area (Å²) in [6, 6.07) is 25.5. The molecule has 3 aromatic carbocycles. The summed E-state index contributed by atoms with van der Waals surface area (Å²) in [5, 5.41) is 2.89. The Morgan fingerprint density at radius 2 is 1.63 bits per heavy atom. The number of rotatable bonds is 5. The molecule has 1 amide bonds. The Morgan fingerprint density at radius 1 is 0.926 bits per heavy atom. The highest BCUT2D eigenvalue weighted by Gasteiger charge is 2.27. The minimum absolute atomic E-state index is 0.203. The quantitative estimate of drug-likeness (QED) is 0.652. The highest BCUT2D eigenvalue weighted by Crippen LogP contribution is 2.31. The van der Waals surface area contributed by atoms with Crippen molar-refractivity contribution in [2.45, 2.75) is 16.8 Å². The SMILES string of the molecule is O=C(Nc1ccc(CSc2ccccc2)cc1)C1COc2ccccc2O1. The predicted molar refractivity (Wildman–Crippen MR) is 107 cm³/mol. The lowest BCUT2D eigenvalue weighted by Crippen LogP contribution is -2.40. The van der Waals surface area contributed by atoms with Crippen molar-refractivity contribution in [3.8, 4) is 11.5 Å². The van der Waals surface area contributed by atoms with Gasteiger partial charge in [-0.1, -0.05) is 42.5 Å². The van der Waals surface area contributed by atoms with Crippen molar-refractivity contribution in [3.63, 3.8) is 0 Å². The number of anilines is 1. The standard InChI is InChI=1S/C22H19NO3S/c24-22(21-14-25-19-8-4-5-9-20(19)26-21)23-17-12-10-16(11-13-17)15-27-18-6-2-1-3-7-18/h1-13,21H,14-15H2,(H,23,24). The third-order valence-electron chi connectivity index (χ3n) is 4.17. The summed E-state index contributed by atoms with van der Waals surface area (Å²) in [5.74, 6) is 1.93. The van der Waals surface area contributed by atoms with Gasteiger partial charge in [0.1, 0.15) is 6.61 Å². The molecular formula is C22H19NO3S. The number of hydrogen-bond acceptors (Lipinski definition) is 4. The summed E-state index contributed by atoms with van der Waals surface area (Å²) in [5.41, 5.74) is 1.95. The number of ether oxygens (including phenoxy) is 2. The van der Waals surface area contributed by atoms with Gasteiger partial charge in [-0.05, 0) is 42.0 Å². The summed E-state index contributed by atoms with van der Waals surface area (Å²) >= 11 is 1.79. The molecule has 4 nitrogen and oxygen atoms in total. The number of carbonyl (C=O) groups is 1. The van der Waals surface area contributed by atoms with Crippen LogP contribution in [0.4, 0.5) is 5.69 Å². The van der Waals surface area contributed by atoms with Gasteiger partial charge in [-0.3, -0.25) is 4.79 Å². The number of thioether (sulfide) groups is 1. The zero-order valence-corrected chi connectivity index (χ0v) is 15.4. The molecule has 5 heteroatoms. The molecule has 0 aliphatic carbocycles. The highest BCUT2D eigenvalue weighted by molar-refractivity contribution is 7.98. The molecule has 0 radical (unpaired) electrons. The van der Waals surface area contributed by atoms with Gasteiger partial charge in [0.25, 0.3) is 5.91 Å². The zero-order valence-electron chi connectivity index (χ0n) is 14.6. The fourth-order valence-electron chi connectivity index (χ4n) is 2.74. The summed E-state index contributed by atoms with van der Waals surface area (Å²) in [4.78, 5) is 13.7. The Balaban J connectivity index is 1.32. The van der Waals surface area contributed by atoms with Gasteiger partial charge < -0.3 is 14.8 Å². The van der Waals surface area contributed by atoms with Crippen LogP contribution in [0.5, 0.6) is 11.5 Å². The van der Waals surface area contributed by atoms with Gasteiger partial charge >= 0.3 is 0 Å². The molecule has 0 fully saturated rings. The lowest BCUT2D eigenvalue weighted by Gasteiger charge is -2.25. The van der Waals surface area contributed by atoms with Crippen LogP contribution in [0.3, 0.4) is 0 Å². The van der Waals surface area contributed by atoms with Crippen molar-refractivity contribution < 1.29 is 14.3 Å². The van der Waals surface area contributed by atoms with Crippen molar-refractivity contribution >= 4 is 23.4 Å². The number of nitrogens with one attached hydrogen (secondary N) is 1. The number of benzene rings is 3. The molecule has 0 bridgehead atoms. The van der Waals surface area contributed by atoms with Crippen LogP contribution >= 0.6 is 11.8 Å². The van der Waals surface area contributed by atoms with Gasteiger partial charge in [0.05, 0.1) is 0 Å². The maximum atomic E-state index is 12.5. The second kappa shape index (κ2) is 8.18. The van der Waals surface area contributed by atoms with E-state index in [0.717, 1.165) is 11.4 Å². The third kappa shape index (κ3) is 4.44. The lowest BCUT2D eigenvalue weighted by atomic mass is 10.2. The van der Waals surface area contributed by atoms with Crippen LogP contribution in [0.15, 0.2) is 83.8 Å². The highest BCUT2D eigenvalue weighted by atomic mass is 32.2. The Bertz CT molecular complexity index is 912. The molecule has 1 aliphatic rings. The van der Waals surface area contributed by atoms with E-state index in [0.29, 0.717) is 11.5 Å². The first-order valence-corrected chi connectivity index (χ1v) is 9.73. The fourth-order valence-corrected chi connectivity index (χ4v) is 3.61. The summed E-state index contributed by atoms with van der Waals surface area (Å²) in [6.45, 7) is 0.203. The lowest BCUT2D eigenvalue weighted by molar-refractivity contribution is -0.125. The van der Waals surface area contributed by atoms with Gasteiger partial charge in [-0.15, -0.1) is 11.8 Å². The molecule has 1 N–H and O–H groups in total. The monoisotopic (exact) mass is 377 g/mol. The largest absolute Gasteiger partial charge is 0.485 e. The average molecular weight is 377 g/mol. The molecule has 1 aliphatic heterocycles. The maximum Gasteiger partial charge on any atom is 0.269 e. The molecule has 3 aromatic rings. The van der Waals surface area contributed by atoms with Gasteiger partial charge in [-0.25, -0.2) is 0 Å². The molecule has 0 saturated carbocycles. The van der Waals surface area contributed by atoms with Gasteiger partial charge in [-0.2, -0.15) is 0 Å². The van der Waals surface area contributed by atoms with E-state index >= 15 is 0 Å². The topological polar surface area (TPSA) is 47.6 Å². The maximum absolute atomic E-state index is 12.5. The van der Waals surface area contributed by atoms with Gasteiger partial charge in [0.2, 0.25) is 6.10 Å². The molecule has 0 aromatic heterocycles. The molecule has 1 heterocycles. The second-order valence-electron chi connectivity index (χ2n) is 6.15. The van der Waals surface area contributed by atoms with Crippen LogP contribution < -0.4 is 14.8 Å². The molecule has 27 heavy (non-hydrogen) atoms. The van der Waals surface area contributed by atoms with Crippen molar-refractivity contribution in [2.24, 2.45) is 0 Å². The van der Waals surface area contributed by atoms with E-state index in [1.54, 1.807) is 17.8 Å². The first-order valence-electron chi connectivity index (χ1n) is 8.74.